The van der Waals surface area contributed by atoms with Crippen LogP contribution >= 0.6 is 11.6 Å². The Bertz CT molecular complexity index is 371. The van der Waals surface area contributed by atoms with Gasteiger partial charge in [-0.1, -0.05) is 11.6 Å². The molecule has 0 bridgehead atoms. The zero-order valence-corrected chi connectivity index (χ0v) is 9.95. The Morgan fingerprint density at radius 3 is 2.88 bits per heavy atom. The van der Waals surface area contributed by atoms with Gasteiger partial charge in [0, 0.05) is 18.9 Å². The minimum Gasteiger partial charge on any atom is -0.466 e. The highest BCUT2D eigenvalue weighted by Crippen LogP contribution is 2.13. The van der Waals surface area contributed by atoms with E-state index in [2.05, 4.69) is 9.97 Å². The van der Waals surface area contributed by atoms with Gasteiger partial charge in [-0.15, -0.1) is 0 Å². The number of esters is 1. The van der Waals surface area contributed by atoms with Gasteiger partial charge in [0.05, 0.1) is 13.0 Å². The molecule has 1 heterocycles. The van der Waals surface area contributed by atoms with E-state index in [-0.39, 0.29) is 17.5 Å². The van der Waals surface area contributed by atoms with Crippen molar-refractivity contribution in [2.45, 2.75) is 20.0 Å². The van der Waals surface area contributed by atoms with Gasteiger partial charge in [0.2, 0.25) is 0 Å². The largest absolute Gasteiger partial charge is 0.466 e. The van der Waals surface area contributed by atoms with Crippen LogP contribution in [0.4, 0.5) is 0 Å². The Morgan fingerprint density at radius 2 is 2.31 bits per heavy atom. The van der Waals surface area contributed by atoms with Crippen LogP contribution in [0.25, 0.3) is 0 Å². The van der Waals surface area contributed by atoms with E-state index >= 15 is 0 Å². The van der Waals surface area contributed by atoms with E-state index in [1.54, 1.807) is 14.0 Å². The standard InChI is InChI=1S/C10H13ClN2O3/c1-3-16-9(14)4-7-5-12-8(6-15-2)13-10(7)11/h5H,3-4,6H2,1-2H3. The maximum Gasteiger partial charge on any atom is 0.310 e. The van der Waals surface area contributed by atoms with Crippen molar-refractivity contribution in [2.24, 2.45) is 0 Å². The number of nitrogens with zero attached hydrogens (tertiary/aromatic N) is 2. The van der Waals surface area contributed by atoms with Crippen molar-refractivity contribution in [1.82, 2.24) is 9.97 Å². The molecule has 88 valence electrons. The van der Waals surface area contributed by atoms with E-state index in [0.29, 0.717) is 24.6 Å². The molecular formula is C10H13ClN2O3. The van der Waals surface area contributed by atoms with Crippen LogP contribution in [0.5, 0.6) is 0 Å². The van der Waals surface area contributed by atoms with E-state index in [1.165, 1.54) is 6.20 Å². The first kappa shape index (κ1) is 12.9. The van der Waals surface area contributed by atoms with Crippen LogP contribution in [0.3, 0.4) is 0 Å². The van der Waals surface area contributed by atoms with Crippen LogP contribution in [0.2, 0.25) is 5.15 Å². The molecule has 0 atom stereocenters. The van der Waals surface area contributed by atoms with Crippen molar-refractivity contribution in [3.05, 3.63) is 22.7 Å². The van der Waals surface area contributed by atoms with Gasteiger partial charge in [-0.05, 0) is 6.92 Å². The molecule has 0 saturated heterocycles. The molecule has 0 amide bonds. The summed E-state index contributed by atoms with van der Waals surface area (Å²) in [5, 5.41) is 0.259. The molecule has 0 spiro atoms. The second-order valence-corrected chi connectivity index (χ2v) is 3.38. The summed E-state index contributed by atoms with van der Waals surface area (Å²) < 4.78 is 9.67. The molecule has 0 N–H and O–H groups in total. The van der Waals surface area contributed by atoms with Crippen molar-refractivity contribution < 1.29 is 14.3 Å². The Kier molecular flexibility index (Phi) is 5.14. The lowest BCUT2D eigenvalue weighted by molar-refractivity contribution is -0.142. The highest BCUT2D eigenvalue weighted by atomic mass is 35.5. The molecule has 5 nitrogen and oxygen atoms in total. The highest BCUT2D eigenvalue weighted by Gasteiger charge is 2.10. The SMILES string of the molecule is CCOC(=O)Cc1cnc(COC)nc1Cl. The second kappa shape index (κ2) is 6.40. The molecule has 0 radical (unpaired) electrons. The van der Waals surface area contributed by atoms with Crippen LogP contribution in [-0.2, 0) is 27.3 Å². The van der Waals surface area contributed by atoms with Crippen LogP contribution in [0, 0.1) is 0 Å². The Balaban J connectivity index is 2.71. The van der Waals surface area contributed by atoms with E-state index in [4.69, 9.17) is 21.1 Å². The topological polar surface area (TPSA) is 61.3 Å². The first-order valence-corrected chi connectivity index (χ1v) is 5.20. The fourth-order valence-corrected chi connectivity index (χ4v) is 1.32. The fraction of sp³-hybridized carbons (Fsp3) is 0.500. The van der Waals surface area contributed by atoms with Gasteiger partial charge in [-0.2, -0.15) is 0 Å². The lowest BCUT2D eigenvalue weighted by Crippen LogP contribution is -2.09. The molecule has 1 aromatic heterocycles. The van der Waals surface area contributed by atoms with Crippen molar-refractivity contribution in [3.63, 3.8) is 0 Å². The van der Waals surface area contributed by atoms with E-state index in [9.17, 15) is 4.79 Å². The summed E-state index contributed by atoms with van der Waals surface area (Å²) in [6, 6.07) is 0. The summed E-state index contributed by atoms with van der Waals surface area (Å²) in [7, 11) is 1.55. The van der Waals surface area contributed by atoms with Crippen LogP contribution in [0.15, 0.2) is 6.20 Å². The molecule has 0 saturated carbocycles. The summed E-state index contributed by atoms with van der Waals surface area (Å²) in [6.07, 6.45) is 1.60. The van der Waals surface area contributed by atoms with Gasteiger partial charge < -0.3 is 9.47 Å². The number of ether oxygens (including phenoxy) is 2. The zero-order chi connectivity index (χ0) is 12.0. The summed E-state index contributed by atoms with van der Waals surface area (Å²) in [4.78, 5) is 19.2. The van der Waals surface area contributed by atoms with Crippen LogP contribution in [-0.4, -0.2) is 29.7 Å². The predicted molar refractivity (Wildman–Crippen MR) is 58.1 cm³/mol. The third-order valence-electron chi connectivity index (χ3n) is 1.78. The maximum atomic E-state index is 11.2. The first-order valence-electron chi connectivity index (χ1n) is 4.82. The predicted octanol–water partition coefficient (Wildman–Crippen LogP) is 1.38. The smallest absolute Gasteiger partial charge is 0.310 e. The highest BCUT2D eigenvalue weighted by molar-refractivity contribution is 6.30. The number of carbonyl (C=O) groups is 1. The lowest BCUT2D eigenvalue weighted by atomic mass is 10.2. The van der Waals surface area contributed by atoms with E-state index in [1.807, 2.05) is 0 Å². The summed E-state index contributed by atoms with van der Waals surface area (Å²) in [6.45, 7) is 2.39. The minimum absolute atomic E-state index is 0.0833. The van der Waals surface area contributed by atoms with Gasteiger partial charge in [-0.3, -0.25) is 4.79 Å². The van der Waals surface area contributed by atoms with Gasteiger partial charge in [-0.25, -0.2) is 9.97 Å². The Hall–Kier alpha value is -1.20. The Morgan fingerprint density at radius 1 is 1.56 bits per heavy atom. The van der Waals surface area contributed by atoms with Gasteiger partial charge in [0.15, 0.2) is 5.82 Å². The molecule has 0 aliphatic rings. The molecule has 1 aromatic rings. The monoisotopic (exact) mass is 244 g/mol. The number of carbonyl (C=O) groups excluding carboxylic acids is 1. The maximum absolute atomic E-state index is 11.2. The van der Waals surface area contributed by atoms with Crippen molar-refractivity contribution in [3.8, 4) is 0 Å². The Labute approximate surface area is 98.8 Å². The summed E-state index contributed by atoms with van der Waals surface area (Å²) in [5.74, 6) is 0.146. The summed E-state index contributed by atoms with van der Waals surface area (Å²) >= 11 is 5.89. The number of methoxy groups -OCH3 is 1. The van der Waals surface area contributed by atoms with Gasteiger partial charge >= 0.3 is 5.97 Å². The van der Waals surface area contributed by atoms with Crippen molar-refractivity contribution in [1.29, 1.82) is 0 Å². The van der Waals surface area contributed by atoms with Crippen molar-refractivity contribution in [2.75, 3.05) is 13.7 Å². The average molecular weight is 245 g/mol. The van der Waals surface area contributed by atoms with Crippen molar-refractivity contribution >= 4 is 17.6 Å². The second-order valence-electron chi connectivity index (χ2n) is 3.02. The number of rotatable bonds is 5. The quantitative estimate of drug-likeness (QED) is 0.579. The first-order chi connectivity index (χ1) is 7.67. The molecule has 1 rings (SSSR count). The number of hydrogen-bond acceptors (Lipinski definition) is 5. The average Bonchev–Trinajstić information content (AvgIpc) is 2.23. The summed E-state index contributed by atoms with van der Waals surface area (Å²) in [5.41, 5.74) is 0.556. The number of aromatic nitrogens is 2. The molecule has 0 aromatic carbocycles. The lowest BCUT2D eigenvalue weighted by Gasteiger charge is -2.04. The molecule has 0 aliphatic carbocycles. The number of halogens is 1. The fourth-order valence-electron chi connectivity index (χ4n) is 1.10. The molecule has 0 fully saturated rings. The molecular weight excluding hydrogens is 232 g/mol. The van der Waals surface area contributed by atoms with Crippen LogP contribution in [0.1, 0.15) is 18.3 Å². The normalized spacial score (nSPS) is 10.2. The van der Waals surface area contributed by atoms with Crippen LogP contribution < -0.4 is 0 Å². The third kappa shape index (κ3) is 3.75. The van der Waals surface area contributed by atoms with Gasteiger partial charge in [0.25, 0.3) is 0 Å². The van der Waals surface area contributed by atoms with Gasteiger partial charge in [0.1, 0.15) is 11.8 Å². The third-order valence-corrected chi connectivity index (χ3v) is 2.10. The molecule has 0 unspecified atom stereocenters. The number of hydrogen-bond donors (Lipinski definition) is 0. The zero-order valence-electron chi connectivity index (χ0n) is 9.20. The molecule has 0 aliphatic heterocycles. The van der Waals surface area contributed by atoms with E-state index < -0.39 is 0 Å². The molecule has 6 heteroatoms. The van der Waals surface area contributed by atoms with E-state index in [0.717, 1.165) is 0 Å². The minimum atomic E-state index is -0.340. The molecule has 16 heavy (non-hydrogen) atoms.